The minimum atomic E-state index is -0.761. The van der Waals surface area contributed by atoms with E-state index in [2.05, 4.69) is 31.9 Å². The molecule has 0 spiro atoms. The molecular weight excluding hydrogens is 345 g/mol. The Balaban J connectivity index is 2.64. The van der Waals surface area contributed by atoms with Crippen molar-refractivity contribution in [1.29, 1.82) is 0 Å². The predicted octanol–water partition coefficient (Wildman–Crippen LogP) is 4.51. The fourth-order valence-corrected chi connectivity index (χ4v) is 3.14. The van der Waals surface area contributed by atoms with Crippen molar-refractivity contribution in [3.05, 3.63) is 53.1 Å². The lowest BCUT2D eigenvalue weighted by Gasteiger charge is -2.23. The van der Waals surface area contributed by atoms with E-state index in [-0.39, 0.29) is 16.7 Å². The van der Waals surface area contributed by atoms with Crippen LogP contribution in [-0.4, -0.2) is 21.6 Å². The van der Waals surface area contributed by atoms with Crippen LogP contribution >= 0.6 is 0 Å². The Morgan fingerprint density at radius 1 is 1.19 bits per heavy atom. The molecule has 144 valence electrons. The van der Waals surface area contributed by atoms with Crippen LogP contribution in [0.25, 0.3) is 5.57 Å². The second-order valence-corrected chi connectivity index (χ2v) is 7.74. The summed E-state index contributed by atoms with van der Waals surface area (Å²) in [6.07, 6.45) is 2.07. The van der Waals surface area contributed by atoms with Crippen LogP contribution in [0.5, 0.6) is 0 Å². The van der Waals surface area contributed by atoms with E-state index in [1.54, 1.807) is 19.1 Å². The molecule has 5 nitrogen and oxygen atoms in total. The summed E-state index contributed by atoms with van der Waals surface area (Å²) in [6.45, 7) is 11.0. The van der Waals surface area contributed by atoms with E-state index in [4.69, 9.17) is 0 Å². The average Bonchev–Trinajstić information content (AvgIpc) is 2.78. The summed E-state index contributed by atoms with van der Waals surface area (Å²) >= 11 is 0. The topological polar surface area (TPSA) is 55.2 Å². The zero-order valence-corrected chi connectivity index (χ0v) is 16.9. The monoisotopic (exact) mass is 371 g/mol. The lowest BCUT2D eigenvalue weighted by atomic mass is 9.91. The summed E-state index contributed by atoms with van der Waals surface area (Å²) in [5.41, 5.74) is 2.08. The number of amides is 2. The Kier molecular flexibility index (Phi) is 5.68. The summed E-state index contributed by atoms with van der Waals surface area (Å²) in [4.78, 5) is 26.5. The summed E-state index contributed by atoms with van der Waals surface area (Å²) in [6, 6.07) is 7.14. The Morgan fingerprint density at radius 2 is 1.78 bits per heavy atom. The highest BCUT2D eigenvalue weighted by atomic mass is 19.1. The second kappa shape index (κ2) is 7.47. The fourth-order valence-electron chi connectivity index (χ4n) is 3.14. The fraction of sp³-hybridized carbons (Fsp3) is 0.381. The number of carbonyl (C=O) groups is 2. The van der Waals surface area contributed by atoms with Gasteiger partial charge >= 0.3 is 0 Å². The Morgan fingerprint density at radius 3 is 2.26 bits per heavy atom. The van der Waals surface area contributed by atoms with Crippen molar-refractivity contribution in [2.45, 2.75) is 41.5 Å². The van der Waals surface area contributed by atoms with Gasteiger partial charge in [-0.05, 0) is 30.9 Å². The number of imide groups is 1. The molecule has 27 heavy (non-hydrogen) atoms. The minimum absolute atomic E-state index is 0.0751. The van der Waals surface area contributed by atoms with Gasteiger partial charge in [-0.25, -0.2) is 9.58 Å². The lowest BCUT2D eigenvalue weighted by Crippen LogP contribution is -2.36. The largest absolute Gasteiger partial charge is 0.274 e. The van der Waals surface area contributed by atoms with Gasteiger partial charge in [-0.1, -0.05) is 45.0 Å². The Hall–Kier alpha value is -2.76. The van der Waals surface area contributed by atoms with Crippen LogP contribution in [0.1, 0.15) is 56.2 Å². The maximum atomic E-state index is 14.4. The highest BCUT2D eigenvalue weighted by molar-refractivity contribution is 6.21. The molecule has 1 aromatic heterocycles. The van der Waals surface area contributed by atoms with Crippen LogP contribution in [0.3, 0.4) is 0 Å². The highest BCUT2D eigenvalue weighted by Crippen LogP contribution is 2.32. The number of nitrogens with zero attached hydrogens (tertiary/aromatic N) is 3. The van der Waals surface area contributed by atoms with Crippen molar-refractivity contribution in [3.8, 4) is 0 Å². The van der Waals surface area contributed by atoms with Crippen molar-refractivity contribution in [1.82, 2.24) is 9.78 Å². The molecule has 0 fully saturated rings. The van der Waals surface area contributed by atoms with Gasteiger partial charge < -0.3 is 0 Å². The van der Waals surface area contributed by atoms with Crippen LogP contribution in [0.2, 0.25) is 0 Å². The molecule has 0 aliphatic carbocycles. The van der Waals surface area contributed by atoms with Crippen LogP contribution in [0.15, 0.2) is 30.3 Å². The SMILES string of the molecule is CC(=O)N(C(=O)c1c(C)nn(C)c1F)c1ccccc1/C(C)=C/C(C)(C)C. The first-order valence-electron chi connectivity index (χ1n) is 8.77. The predicted molar refractivity (Wildman–Crippen MR) is 105 cm³/mol. The molecule has 0 saturated heterocycles. The van der Waals surface area contributed by atoms with E-state index < -0.39 is 17.8 Å². The second-order valence-electron chi connectivity index (χ2n) is 7.74. The number of anilines is 1. The molecule has 0 saturated carbocycles. The number of para-hydroxylation sites is 1. The molecule has 2 amide bonds. The van der Waals surface area contributed by atoms with Gasteiger partial charge in [-0.3, -0.25) is 9.59 Å². The molecule has 6 heteroatoms. The first-order valence-corrected chi connectivity index (χ1v) is 8.77. The van der Waals surface area contributed by atoms with Crippen molar-refractivity contribution in [3.63, 3.8) is 0 Å². The van der Waals surface area contributed by atoms with Gasteiger partial charge in [0.2, 0.25) is 11.9 Å². The summed E-state index contributed by atoms with van der Waals surface area (Å²) in [7, 11) is 1.42. The van der Waals surface area contributed by atoms with Crippen LogP contribution < -0.4 is 4.90 Å². The number of halogens is 1. The number of allylic oxidation sites excluding steroid dienone is 2. The molecule has 0 aliphatic heterocycles. The maximum Gasteiger partial charge on any atom is 0.271 e. The van der Waals surface area contributed by atoms with Gasteiger partial charge in [0.1, 0.15) is 5.56 Å². The number of aromatic nitrogens is 2. The third kappa shape index (κ3) is 4.32. The molecule has 1 aromatic carbocycles. The number of hydrogen-bond acceptors (Lipinski definition) is 3. The Labute approximate surface area is 159 Å². The quantitative estimate of drug-likeness (QED) is 0.798. The number of benzene rings is 1. The molecular formula is C21H26FN3O2. The third-order valence-electron chi connectivity index (χ3n) is 4.10. The van der Waals surface area contributed by atoms with Gasteiger partial charge in [0.25, 0.3) is 5.91 Å². The van der Waals surface area contributed by atoms with Gasteiger partial charge in [0, 0.05) is 19.5 Å². The Bertz CT molecular complexity index is 920. The highest BCUT2D eigenvalue weighted by Gasteiger charge is 2.30. The van der Waals surface area contributed by atoms with Crippen molar-refractivity contribution < 1.29 is 14.0 Å². The normalized spacial score (nSPS) is 12.2. The first kappa shape index (κ1) is 20.6. The van der Waals surface area contributed by atoms with Gasteiger partial charge in [-0.15, -0.1) is 0 Å². The van der Waals surface area contributed by atoms with Crippen LogP contribution in [-0.2, 0) is 11.8 Å². The van der Waals surface area contributed by atoms with E-state index in [1.807, 2.05) is 19.1 Å². The summed E-state index contributed by atoms with van der Waals surface area (Å²) < 4.78 is 15.4. The van der Waals surface area contributed by atoms with E-state index in [9.17, 15) is 14.0 Å². The average molecular weight is 371 g/mol. The first-order chi connectivity index (χ1) is 12.4. The zero-order chi connectivity index (χ0) is 20.5. The van der Waals surface area contributed by atoms with Crippen molar-refractivity contribution >= 4 is 23.1 Å². The standard InChI is InChI=1S/C21H26FN3O2/c1-13(12-21(4,5)6)16-10-8-9-11-17(16)25(15(3)26)20(27)18-14(2)23-24(7)19(18)22/h8-12H,1-7H3/b13-12+. The molecule has 0 radical (unpaired) electrons. The molecule has 0 aliphatic rings. The van der Waals surface area contributed by atoms with Crippen molar-refractivity contribution in [2.75, 3.05) is 4.90 Å². The lowest BCUT2D eigenvalue weighted by molar-refractivity contribution is -0.115. The molecule has 2 rings (SSSR count). The number of rotatable bonds is 3. The van der Waals surface area contributed by atoms with E-state index in [0.717, 1.165) is 20.7 Å². The van der Waals surface area contributed by atoms with Gasteiger partial charge in [0.15, 0.2) is 0 Å². The minimum Gasteiger partial charge on any atom is -0.274 e. The zero-order valence-electron chi connectivity index (χ0n) is 16.9. The molecule has 2 aromatic rings. The number of carbonyl (C=O) groups excluding carboxylic acids is 2. The smallest absolute Gasteiger partial charge is 0.271 e. The number of aryl methyl sites for hydroxylation is 2. The summed E-state index contributed by atoms with van der Waals surface area (Å²) in [5.74, 6) is -1.97. The summed E-state index contributed by atoms with van der Waals surface area (Å²) in [5, 5.41) is 3.94. The van der Waals surface area contributed by atoms with Gasteiger partial charge in [-0.2, -0.15) is 9.49 Å². The third-order valence-corrected chi connectivity index (χ3v) is 4.10. The van der Waals surface area contributed by atoms with Gasteiger partial charge in [0.05, 0.1) is 11.4 Å². The van der Waals surface area contributed by atoms with Crippen molar-refractivity contribution in [2.24, 2.45) is 12.5 Å². The molecule has 0 atom stereocenters. The molecule has 1 heterocycles. The molecule has 0 N–H and O–H groups in total. The molecule has 0 bridgehead atoms. The van der Waals surface area contributed by atoms with Crippen LogP contribution in [0, 0.1) is 18.3 Å². The van der Waals surface area contributed by atoms with E-state index >= 15 is 0 Å². The van der Waals surface area contributed by atoms with E-state index in [0.29, 0.717) is 5.69 Å². The van der Waals surface area contributed by atoms with E-state index in [1.165, 1.54) is 14.0 Å². The molecule has 0 unspecified atom stereocenters. The van der Waals surface area contributed by atoms with Crippen LogP contribution in [0.4, 0.5) is 10.1 Å². The maximum absolute atomic E-state index is 14.4. The number of hydrogen-bond donors (Lipinski definition) is 0.